The van der Waals surface area contributed by atoms with E-state index >= 15 is 0 Å². The van der Waals surface area contributed by atoms with Crippen molar-refractivity contribution in [2.75, 3.05) is 4.90 Å². The number of amides is 2. The molecule has 2 amide bonds. The number of aryl methyl sites for hydroxylation is 1. The molecule has 170 valence electrons. The lowest BCUT2D eigenvalue weighted by molar-refractivity contribution is -0.527. The van der Waals surface area contributed by atoms with Crippen molar-refractivity contribution < 1.29 is 19.4 Å². The van der Waals surface area contributed by atoms with Gasteiger partial charge in [0.15, 0.2) is 5.13 Å². The molecule has 1 heterocycles. The zero-order valence-electron chi connectivity index (χ0n) is 16.7. The van der Waals surface area contributed by atoms with E-state index in [2.05, 4.69) is 50.2 Å². The van der Waals surface area contributed by atoms with Gasteiger partial charge in [0.05, 0.1) is 17.5 Å². The molecule has 2 aliphatic carbocycles. The van der Waals surface area contributed by atoms with Gasteiger partial charge in [-0.2, -0.15) is 0 Å². The molecule has 2 saturated carbocycles. The first kappa shape index (κ1) is 24.7. The van der Waals surface area contributed by atoms with E-state index in [-0.39, 0.29) is 35.7 Å². The van der Waals surface area contributed by atoms with Gasteiger partial charge in [0.25, 0.3) is 0 Å². The maximum Gasteiger partial charge on any atom is 0.240 e. The Balaban J connectivity index is 1.93. The van der Waals surface area contributed by atoms with Gasteiger partial charge in [0.2, 0.25) is 23.9 Å². The van der Waals surface area contributed by atoms with E-state index in [1.807, 2.05) is 0 Å². The summed E-state index contributed by atoms with van der Waals surface area (Å²) in [4.78, 5) is 54.6. The van der Waals surface area contributed by atoms with E-state index in [0.29, 0.717) is 31.4 Å². The van der Waals surface area contributed by atoms with E-state index in [1.165, 1.54) is 0 Å². The zero-order valence-corrected chi connectivity index (χ0v) is 21.8. The molecule has 0 N–H and O–H groups in total. The average Bonchev–Trinajstić information content (AvgIpc) is 3.13. The first-order valence-corrected chi connectivity index (χ1v) is 13.3. The van der Waals surface area contributed by atoms with Gasteiger partial charge in [-0.25, -0.2) is 9.88 Å². The van der Waals surface area contributed by atoms with Crippen LogP contribution in [0.2, 0.25) is 0 Å². The number of carbonyl (C=O) groups excluding carboxylic acids is 2. The molecule has 0 bridgehead atoms. The van der Waals surface area contributed by atoms with Crippen LogP contribution in [0.1, 0.15) is 44.2 Å². The van der Waals surface area contributed by atoms with Crippen LogP contribution in [0.4, 0.5) is 5.13 Å². The molecule has 3 rings (SSSR count). The number of anilines is 1. The Hall–Kier alpha value is -0.970. The van der Waals surface area contributed by atoms with Crippen molar-refractivity contribution in [3.63, 3.8) is 0 Å². The van der Waals surface area contributed by atoms with Crippen LogP contribution in [0.15, 0.2) is 5.38 Å². The van der Waals surface area contributed by atoms with Crippen molar-refractivity contribution in [1.29, 1.82) is 0 Å². The number of halogens is 2. The quantitative estimate of drug-likeness (QED) is 0.152. The van der Waals surface area contributed by atoms with Gasteiger partial charge in [0.1, 0.15) is 0 Å². The zero-order chi connectivity index (χ0) is 22.9. The van der Waals surface area contributed by atoms with E-state index in [0.717, 1.165) is 16.2 Å². The van der Waals surface area contributed by atoms with Crippen molar-refractivity contribution in [1.82, 2.24) is 4.98 Å². The molecule has 6 atom stereocenters. The van der Waals surface area contributed by atoms with Gasteiger partial charge in [-0.1, -0.05) is 45.2 Å². The van der Waals surface area contributed by atoms with Crippen LogP contribution in [-0.4, -0.2) is 46.6 Å². The highest BCUT2D eigenvalue weighted by Crippen LogP contribution is 2.38. The van der Waals surface area contributed by atoms with Crippen molar-refractivity contribution in [3.8, 4) is 0 Å². The number of aromatic nitrogens is 1. The van der Waals surface area contributed by atoms with Crippen LogP contribution in [0.5, 0.6) is 0 Å². The molecule has 0 radical (unpaired) electrons. The van der Waals surface area contributed by atoms with Crippen molar-refractivity contribution in [2.45, 2.75) is 65.4 Å². The Labute approximate surface area is 210 Å². The summed E-state index contributed by atoms with van der Waals surface area (Å²) in [5.74, 6) is -2.34. The van der Waals surface area contributed by atoms with Crippen LogP contribution < -0.4 is 4.90 Å². The number of nitro groups is 2. The Bertz CT molecular complexity index is 833. The van der Waals surface area contributed by atoms with Crippen LogP contribution in [0.3, 0.4) is 0 Å². The Kier molecular flexibility index (Phi) is 8.21. The predicted molar refractivity (Wildman–Crippen MR) is 131 cm³/mol. The molecule has 0 aliphatic heterocycles. The number of thiazole rings is 1. The summed E-state index contributed by atoms with van der Waals surface area (Å²) in [6.07, 6.45) is 1.98. The summed E-state index contributed by atoms with van der Waals surface area (Å²) < 4.78 is -0.267. The summed E-state index contributed by atoms with van der Waals surface area (Å²) in [6.45, 7) is 1.75. The lowest BCUT2D eigenvalue weighted by Crippen LogP contribution is -2.51. The van der Waals surface area contributed by atoms with Crippen LogP contribution >= 0.6 is 56.5 Å². The van der Waals surface area contributed by atoms with Gasteiger partial charge >= 0.3 is 0 Å². The second-order valence-corrected chi connectivity index (χ2v) is 12.1. The lowest BCUT2D eigenvalue weighted by atomic mass is 9.83. The molecule has 0 saturated heterocycles. The highest BCUT2D eigenvalue weighted by Gasteiger charge is 2.47. The monoisotopic (exact) mass is 676 g/mol. The van der Waals surface area contributed by atoms with E-state index in [9.17, 15) is 29.8 Å². The number of alkyl halides is 2. The maximum atomic E-state index is 13.6. The first-order chi connectivity index (χ1) is 14.6. The fraction of sp³-hybridized carbons (Fsp3) is 0.722. The number of rotatable bonds is 5. The van der Waals surface area contributed by atoms with Gasteiger partial charge in [0, 0.05) is 48.8 Å². The second kappa shape index (κ2) is 10.3. The fourth-order valence-electron chi connectivity index (χ4n) is 4.19. The van der Waals surface area contributed by atoms with Gasteiger partial charge in [-0.15, -0.1) is 11.3 Å². The average molecular weight is 676 g/mol. The molecule has 2 fully saturated rings. The summed E-state index contributed by atoms with van der Waals surface area (Å²) in [5.41, 5.74) is 0.654. The minimum absolute atomic E-state index is 0.0728. The van der Waals surface area contributed by atoms with E-state index < -0.39 is 35.7 Å². The predicted octanol–water partition coefficient (Wildman–Crippen LogP) is 3.81. The molecule has 10 nitrogen and oxygen atoms in total. The highest BCUT2D eigenvalue weighted by atomic mass is 127. The molecule has 2 aliphatic rings. The molecule has 0 aromatic carbocycles. The largest absolute Gasteiger partial charge is 0.274 e. The third-order valence-corrected chi connectivity index (χ3v) is 9.87. The van der Waals surface area contributed by atoms with Crippen LogP contribution in [-0.2, 0) is 9.59 Å². The van der Waals surface area contributed by atoms with Crippen molar-refractivity contribution in [3.05, 3.63) is 31.3 Å². The number of nitrogens with zero attached hydrogens (tertiary/aromatic N) is 4. The first-order valence-electron chi connectivity index (χ1n) is 9.95. The highest BCUT2D eigenvalue weighted by molar-refractivity contribution is 14.1. The smallest absolute Gasteiger partial charge is 0.240 e. The Morgan fingerprint density at radius 2 is 1.45 bits per heavy atom. The van der Waals surface area contributed by atoms with Crippen LogP contribution in [0.25, 0.3) is 0 Å². The summed E-state index contributed by atoms with van der Waals surface area (Å²) in [7, 11) is 0. The number of hydrogen-bond acceptors (Lipinski definition) is 8. The SMILES string of the molecule is Cc1csc(N(C(=O)C2CC([N+](=O)[O-])CCC2I)C(=O)C2CC([N+](=O)[O-])CCC2I)n1. The molecular formula is C18H22I2N4O6S. The lowest BCUT2D eigenvalue weighted by Gasteiger charge is -2.35. The molecule has 1 aromatic rings. The van der Waals surface area contributed by atoms with Gasteiger partial charge < -0.3 is 0 Å². The number of carbonyl (C=O) groups is 2. The molecule has 6 unspecified atom stereocenters. The standard InChI is InChI=1S/C18H22I2N4O6S/c1-9-8-31-18(21-9)22(16(25)12-6-10(23(27)28)2-4-14(12)19)17(26)13-7-11(24(29)30)3-5-15(13)20/h8,10-15H,2-7H2,1H3. The minimum Gasteiger partial charge on any atom is -0.274 e. The van der Waals surface area contributed by atoms with E-state index in [1.54, 1.807) is 12.3 Å². The number of hydrogen-bond donors (Lipinski definition) is 0. The third-order valence-electron chi connectivity index (χ3n) is 5.95. The summed E-state index contributed by atoms with van der Waals surface area (Å²) in [5, 5.41) is 24.6. The normalized spacial score (nSPS) is 31.1. The second-order valence-electron chi connectivity index (χ2n) is 8.03. The van der Waals surface area contributed by atoms with Gasteiger partial charge in [-0.05, 0) is 19.8 Å². The van der Waals surface area contributed by atoms with Gasteiger partial charge in [-0.3, -0.25) is 29.8 Å². The molecular weight excluding hydrogens is 654 g/mol. The van der Waals surface area contributed by atoms with Crippen LogP contribution in [0, 0.1) is 39.0 Å². The maximum absolute atomic E-state index is 13.6. The number of imide groups is 1. The molecule has 13 heteroatoms. The fourth-order valence-corrected chi connectivity index (χ4v) is 6.92. The third kappa shape index (κ3) is 5.51. The minimum atomic E-state index is -0.819. The van der Waals surface area contributed by atoms with Crippen molar-refractivity contribution in [2.24, 2.45) is 11.8 Å². The topological polar surface area (TPSA) is 137 Å². The molecule has 0 spiro atoms. The molecule has 31 heavy (non-hydrogen) atoms. The molecule has 1 aromatic heterocycles. The van der Waals surface area contributed by atoms with Crippen molar-refractivity contribution >= 4 is 73.5 Å². The summed E-state index contributed by atoms with van der Waals surface area (Å²) in [6, 6.07) is -1.64. The van der Waals surface area contributed by atoms with E-state index in [4.69, 9.17) is 0 Å². The summed E-state index contributed by atoms with van der Waals surface area (Å²) >= 11 is 5.42. The Morgan fingerprint density at radius 1 is 1.00 bits per heavy atom. The Morgan fingerprint density at radius 3 is 1.81 bits per heavy atom.